The number of rotatable bonds is 4. The fourth-order valence-electron chi connectivity index (χ4n) is 3.16. The van der Waals surface area contributed by atoms with Crippen LogP contribution >= 0.6 is 0 Å². The van der Waals surface area contributed by atoms with Crippen LogP contribution in [-0.4, -0.2) is 17.2 Å². The summed E-state index contributed by atoms with van der Waals surface area (Å²) in [5.41, 5.74) is 4.43. The fourth-order valence-corrected chi connectivity index (χ4v) is 3.16. The molecule has 0 radical (unpaired) electrons. The number of aliphatic hydroxyl groups excluding tert-OH is 1. The Morgan fingerprint density at radius 1 is 1.29 bits per heavy atom. The second-order valence-electron chi connectivity index (χ2n) is 5.67. The Labute approximate surface area is 125 Å². The van der Waals surface area contributed by atoms with Gasteiger partial charge in [0, 0.05) is 24.9 Å². The van der Waals surface area contributed by atoms with Gasteiger partial charge in [-0.15, -0.1) is 0 Å². The number of fused-ring (bicyclic) bond motifs is 1. The molecule has 2 atom stereocenters. The zero-order chi connectivity index (χ0) is 14.7. The van der Waals surface area contributed by atoms with E-state index in [1.807, 2.05) is 36.5 Å². The van der Waals surface area contributed by atoms with Crippen molar-refractivity contribution in [2.45, 2.75) is 37.9 Å². The van der Waals surface area contributed by atoms with Gasteiger partial charge in [0.1, 0.15) is 0 Å². The van der Waals surface area contributed by atoms with Crippen LogP contribution in [0.1, 0.15) is 47.2 Å². The molecular formula is C18H21NO2. The number of hydrogen-bond donors (Lipinski definition) is 1. The number of methoxy groups -OCH3 is 1. The van der Waals surface area contributed by atoms with E-state index in [4.69, 9.17) is 4.74 Å². The van der Waals surface area contributed by atoms with Gasteiger partial charge in [-0.25, -0.2) is 0 Å². The molecule has 2 unspecified atom stereocenters. The third-order valence-electron chi connectivity index (χ3n) is 4.25. The lowest BCUT2D eigenvalue weighted by Gasteiger charge is -2.28. The van der Waals surface area contributed by atoms with Crippen molar-refractivity contribution in [1.82, 2.24) is 4.98 Å². The first-order chi connectivity index (χ1) is 10.3. The van der Waals surface area contributed by atoms with Crippen LogP contribution < -0.4 is 0 Å². The maximum atomic E-state index is 10.7. The minimum absolute atomic E-state index is 0.100. The summed E-state index contributed by atoms with van der Waals surface area (Å²) < 4.78 is 5.12. The quantitative estimate of drug-likeness (QED) is 0.935. The van der Waals surface area contributed by atoms with Crippen molar-refractivity contribution in [2.75, 3.05) is 7.11 Å². The van der Waals surface area contributed by atoms with Gasteiger partial charge in [0.25, 0.3) is 0 Å². The maximum absolute atomic E-state index is 10.7. The maximum Gasteiger partial charge on any atom is 0.0873 e. The van der Waals surface area contributed by atoms with Gasteiger partial charge in [-0.05, 0) is 42.0 Å². The molecule has 0 amide bonds. The van der Waals surface area contributed by atoms with Gasteiger partial charge < -0.3 is 9.84 Å². The van der Waals surface area contributed by atoms with Gasteiger partial charge in [-0.3, -0.25) is 4.98 Å². The van der Waals surface area contributed by atoms with Crippen LogP contribution in [-0.2, 0) is 17.8 Å². The van der Waals surface area contributed by atoms with Gasteiger partial charge in [0.2, 0.25) is 0 Å². The predicted molar refractivity (Wildman–Crippen MR) is 82.0 cm³/mol. The molecule has 1 heterocycles. The summed E-state index contributed by atoms with van der Waals surface area (Å²) in [6, 6.07) is 12.1. The Hall–Kier alpha value is -1.71. The summed E-state index contributed by atoms with van der Waals surface area (Å²) in [4.78, 5) is 4.51. The number of pyridine rings is 1. The highest BCUT2D eigenvalue weighted by atomic mass is 16.5. The highest BCUT2D eigenvalue weighted by molar-refractivity contribution is 5.31. The van der Waals surface area contributed by atoms with Gasteiger partial charge in [-0.1, -0.05) is 30.3 Å². The van der Waals surface area contributed by atoms with Gasteiger partial charge in [0.05, 0.1) is 12.7 Å². The van der Waals surface area contributed by atoms with E-state index in [9.17, 15) is 5.11 Å². The monoisotopic (exact) mass is 283 g/mol. The second kappa shape index (κ2) is 6.37. The standard InChI is InChI=1S/C18H21NO2/c1-21-12-13-7-9-15(10-8-13)18(20)16-6-2-4-14-5-3-11-19-17(14)16/h3,5,7-11,16,18,20H,2,4,6,12H2,1H3. The van der Waals surface area contributed by atoms with Crippen molar-refractivity contribution >= 4 is 0 Å². The van der Waals surface area contributed by atoms with Crippen molar-refractivity contribution < 1.29 is 9.84 Å². The zero-order valence-corrected chi connectivity index (χ0v) is 12.3. The Morgan fingerprint density at radius 3 is 2.86 bits per heavy atom. The number of benzene rings is 1. The normalized spacial score (nSPS) is 19.0. The summed E-state index contributed by atoms with van der Waals surface area (Å²) in [5, 5.41) is 10.7. The summed E-state index contributed by atoms with van der Waals surface area (Å²) in [5.74, 6) is 0.100. The third-order valence-corrected chi connectivity index (χ3v) is 4.25. The summed E-state index contributed by atoms with van der Waals surface area (Å²) in [6.07, 6.45) is 4.51. The molecule has 1 aromatic carbocycles. The number of hydrogen-bond acceptors (Lipinski definition) is 3. The first-order valence-electron chi connectivity index (χ1n) is 7.49. The molecule has 110 valence electrons. The van der Waals surface area contributed by atoms with E-state index in [1.54, 1.807) is 7.11 Å². The molecule has 2 aromatic rings. The van der Waals surface area contributed by atoms with E-state index in [1.165, 1.54) is 5.56 Å². The van der Waals surface area contributed by atoms with Crippen molar-refractivity contribution in [1.29, 1.82) is 0 Å². The summed E-state index contributed by atoms with van der Waals surface area (Å²) in [7, 11) is 1.69. The number of aryl methyl sites for hydroxylation is 1. The largest absolute Gasteiger partial charge is 0.388 e. The first kappa shape index (κ1) is 14.2. The lowest BCUT2D eigenvalue weighted by molar-refractivity contribution is 0.134. The number of aliphatic hydroxyl groups is 1. The van der Waals surface area contributed by atoms with Gasteiger partial charge in [0.15, 0.2) is 0 Å². The fraction of sp³-hybridized carbons (Fsp3) is 0.389. The van der Waals surface area contributed by atoms with Crippen LogP contribution in [0.15, 0.2) is 42.6 Å². The zero-order valence-electron chi connectivity index (χ0n) is 12.3. The van der Waals surface area contributed by atoms with E-state index in [0.29, 0.717) is 6.61 Å². The molecule has 0 aliphatic heterocycles. The molecule has 3 heteroatoms. The van der Waals surface area contributed by atoms with E-state index in [0.717, 1.165) is 36.1 Å². The average molecular weight is 283 g/mol. The third kappa shape index (κ3) is 2.99. The lowest BCUT2D eigenvalue weighted by Crippen LogP contribution is -2.18. The molecule has 1 N–H and O–H groups in total. The lowest BCUT2D eigenvalue weighted by atomic mass is 9.81. The molecule has 0 bridgehead atoms. The first-order valence-corrected chi connectivity index (χ1v) is 7.49. The molecule has 21 heavy (non-hydrogen) atoms. The van der Waals surface area contributed by atoms with Crippen molar-refractivity contribution in [3.63, 3.8) is 0 Å². The van der Waals surface area contributed by atoms with Crippen LogP contribution in [0.5, 0.6) is 0 Å². The highest BCUT2D eigenvalue weighted by Gasteiger charge is 2.28. The van der Waals surface area contributed by atoms with Crippen LogP contribution in [0.2, 0.25) is 0 Å². The van der Waals surface area contributed by atoms with Crippen LogP contribution in [0, 0.1) is 0 Å². The van der Waals surface area contributed by atoms with E-state index in [-0.39, 0.29) is 5.92 Å². The summed E-state index contributed by atoms with van der Waals surface area (Å²) in [6.45, 7) is 0.601. The molecule has 3 nitrogen and oxygen atoms in total. The molecular weight excluding hydrogens is 262 g/mol. The Morgan fingerprint density at radius 2 is 2.10 bits per heavy atom. The summed E-state index contributed by atoms with van der Waals surface area (Å²) >= 11 is 0. The van der Waals surface area contributed by atoms with Crippen LogP contribution in [0.4, 0.5) is 0 Å². The van der Waals surface area contributed by atoms with Crippen molar-refractivity contribution in [3.05, 3.63) is 65.0 Å². The molecule has 0 saturated heterocycles. The average Bonchev–Trinajstić information content (AvgIpc) is 2.55. The second-order valence-corrected chi connectivity index (χ2v) is 5.67. The smallest absolute Gasteiger partial charge is 0.0873 e. The van der Waals surface area contributed by atoms with E-state index in [2.05, 4.69) is 11.1 Å². The topological polar surface area (TPSA) is 42.4 Å². The number of ether oxygens (including phenoxy) is 1. The van der Waals surface area contributed by atoms with E-state index >= 15 is 0 Å². The molecule has 1 aliphatic carbocycles. The number of nitrogens with zero attached hydrogens (tertiary/aromatic N) is 1. The van der Waals surface area contributed by atoms with Gasteiger partial charge in [-0.2, -0.15) is 0 Å². The Balaban J connectivity index is 1.84. The Kier molecular flexibility index (Phi) is 4.32. The van der Waals surface area contributed by atoms with Crippen molar-refractivity contribution in [3.8, 4) is 0 Å². The molecule has 0 fully saturated rings. The van der Waals surface area contributed by atoms with E-state index < -0.39 is 6.10 Å². The molecule has 0 saturated carbocycles. The van der Waals surface area contributed by atoms with Crippen molar-refractivity contribution in [2.24, 2.45) is 0 Å². The van der Waals surface area contributed by atoms with Crippen LogP contribution in [0.3, 0.4) is 0 Å². The predicted octanol–water partition coefficient (Wildman–Crippen LogP) is 3.38. The Bertz CT molecular complexity index is 594. The highest BCUT2D eigenvalue weighted by Crippen LogP contribution is 2.39. The molecule has 1 aromatic heterocycles. The van der Waals surface area contributed by atoms with Gasteiger partial charge >= 0.3 is 0 Å². The van der Waals surface area contributed by atoms with Crippen LogP contribution in [0.25, 0.3) is 0 Å². The minimum Gasteiger partial charge on any atom is -0.388 e. The molecule has 0 spiro atoms. The molecule has 1 aliphatic rings. The molecule has 3 rings (SSSR count). The SMILES string of the molecule is COCc1ccc(C(O)C2CCCc3cccnc32)cc1. The number of aromatic nitrogens is 1. The minimum atomic E-state index is -0.490.